The molecule has 29 heavy (non-hydrogen) atoms. The number of nitrogens with zero attached hydrogens (tertiary/aromatic N) is 3. The molecule has 0 radical (unpaired) electrons. The third-order valence-electron chi connectivity index (χ3n) is 6.04. The van der Waals surface area contributed by atoms with E-state index in [2.05, 4.69) is 15.0 Å². The molecule has 0 spiro atoms. The van der Waals surface area contributed by atoms with E-state index in [9.17, 15) is 14.0 Å². The summed E-state index contributed by atoms with van der Waals surface area (Å²) in [6.45, 7) is 1.84. The number of benzene rings is 1. The summed E-state index contributed by atoms with van der Waals surface area (Å²) in [4.78, 5) is 39.6. The summed E-state index contributed by atoms with van der Waals surface area (Å²) >= 11 is 0. The highest BCUT2D eigenvalue weighted by molar-refractivity contribution is 6.35. The van der Waals surface area contributed by atoms with Gasteiger partial charge in [0, 0.05) is 67.6 Å². The van der Waals surface area contributed by atoms with Crippen LogP contribution in [-0.4, -0.2) is 56.2 Å². The molecule has 1 saturated heterocycles. The molecule has 1 fully saturated rings. The third-order valence-corrected chi connectivity index (χ3v) is 6.04. The Bertz CT molecular complexity index is 1070. The molecule has 4 heterocycles. The molecule has 2 aliphatic rings. The zero-order valence-electron chi connectivity index (χ0n) is 15.9. The molecule has 2 N–H and O–H groups in total. The molecule has 0 aliphatic carbocycles. The Balaban J connectivity index is 1.33. The second kappa shape index (κ2) is 7.02. The fourth-order valence-corrected chi connectivity index (χ4v) is 4.53. The van der Waals surface area contributed by atoms with Gasteiger partial charge in [0.15, 0.2) is 0 Å². The molecule has 3 aromatic rings. The van der Waals surface area contributed by atoms with Crippen LogP contribution in [-0.2, 0) is 22.6 Å². The fraction of sp³-hybridized carbons (Fsp3) is 0.381. The maximum atomic E-state index is 14.1. The lowest BCUT2D eigenvalue weighted by Crippen LogP contribution is -2.49. The summed E-state index contributed by atoms with van der Waals surface area (Å²) in [6.07, 6.45) is 5.85. The van der Waals surface area contributed by atoms with Crippen LogP contribution in [0.5, 0.6) is 0 Å². The van der Waals surface area contributed by atoms with Crippen LogP contribution in [0.3, 0.4) is 0 Å². The Labute approximate surface area is 166 Å². The van der Waals surface area contributed by atoms with Gasteiger partial charge in [-0.3, -0.25) is 9.59 Å². The van der Waals surface area contributed by atoms with Crippen molar-refractivity contribution in [2.24, 2.45) is 0 Å². The standard InChI is InChI=1S/C21H22FN5O2/c22-16-5-1-4-14-15-12-27(10-6-17(15)25-18(14)16)21(29)20(28)26-9-2-3-13(11-26)19-23-7-8-24-19/h1,4-5,7-8,13,25H,2-3,6,9-12H2,(H,23,24). The van der Waals surface area contributed by atoms with Gasteiger partial charge in [0.05, 0.1) is 5.52 Å². The first kappa shape index (κ1) is 17.9. The van der Waals surface area contributed by atoms with Crippen LogP contribution in [0.15, 0.2) is 30.6 Å². The van der Waals surface area contributed by atoms with Crippen LogP contribution in [0, 0.1) is 5.82 Å². The maximum Gasteiger partial charge on any atom is 0.312 e. The third kappa shape index (κ3) is 3.08. The Morgan fingerprint density at radius 3 is 2.86 bits per heavy atom. The Hall–Kier alpha value is -3.16. The van der Waals surface area contributed by atoms with Crippen molar-refractivity contribution >= 4 is 22.7 Å². The van der Waals surface area contributed by atoms with Gasteiger partial charge in [0.25, 0.3) is 0 Å². The van der Waals surface area contributed by atoms with Crippen molar-refractivity contribution in [2.75, 3.05) is 19.6 Å². The average molecular weight is 395 g/mol. The van der Waals surface area contributed by atoms with E-state index in [0.29, 0.717) is 38.1 Å². The van der Waals surface area contributed by atoms with Gasteiger partial charge >= 0.3 is 11.8 Å². The van der Waals surface area contributed by atoms with E-state index in [0.717, 1.165) is 35.3 Å². The molecule has 1 aromatic carbocycles. The number of rotatable bonds is 1. The molecule has 150 valence electrons. The van der Waals surface area contributed by atoms with Crippen molar-refractivity contribution in [1.82, 2.24) is 24.8 Å². The SMILES string of the molecule is O=C(C(=O)N1CCCC(c2ncc[nH]2)C1)N1CCc2[nH]c3c(F)cccc3c2C1. The number of H-pyrrole nitrogens is 2. The predicted molar refractivity (Wildman–Crippen MR) is 105 cm³/mol. The van der Waals surface area contributed by atoms with Gasteiger partial charge in [-0.1, -0.05) is 12.1 Å². The summed E-state index contributed by atoms with van der Waals surface area (Å²) in [5.74, 6) is -0.265. The highest BCUT2D eigenvalue weighted by Crippen LogP contribution is 2.30. The Morgan fingerprint density at radius 1 is 1.17 bits per heavy atom. The van der Waals surface area contributed by atoms with Crippen LogP contribution in [0.2, 0.25) is 0 Å². The zero-order chi connectivity index (χ0) is 20.0. The summed E-state index contributed by atoms with van der Waals surface area (Å²) in [7, 11) is 0. The van der Waals surface area contributed by atoms with E-state index in [4.69, 9.17) is 0 Å². The molecular formula is C21H22FN5O2. The summed E-state index contributed by atoms with van der Waals surface area (Å²) in [5, 5.41) is 0.779. The summed E-state index contributed by atoms with van der Waals surface area (Å²) in [6, 6.07) is 4.94. The van der Waals surface area contributed by atoms with Gasteiger partial charge in [-0.05, 0) is 18.9 Å². The molecule has 5 rings (SSSR count). The van der Waals surface area contributed by atoms with E-state index in [1.807, 2.05) is 6.07 Å². The van der Waals surface area contributed by atoms with Gasteiger partial charge in [-0.15, -0.1) is 0 Å². The largest absolute Gasteiger partial charge is 0.356 e. The highest BCUT2D eigenvalue weighted by atomic mass is 19.1. The van der Waals surface area contributed by atoms with Gasteiger partial charge in [-0.2, -0.15) is 0 Å². The number of nitrogens with one attached hydrogen (secondary N) is 2. The van der Waals surface area contributed by atoms with Gasteiger partial charge in [0.2, 0.25) is 0 Å². The lowest BCUT2D eigenvalue weighted by molar-refractivity contribution is -0.153. The number of aromatic nitrogens is 3. The quantitative estimate of drug-likeness (QED) is 0.620. The second-order valence-corrected chi connectivity index (χ2v) is 7.79. The molecule has 1 unspecified atom stereocenters. The number of fused-ring (bicyclic) bond motifs is 3. The smallest absolute Gasteiger partial charge is 0.312 e. The van der Waals surface area contributed by atoms with Gasteiger partial charge in [0.1, 0.15) is 11.6 Å². The monoisotopic (exact) mass is 395 g/mol. The predicted octanol–water partition coefficient (Wildman–Crippen LogP) is 2.32. The second-order valence-electron chi connectivity index (χ2n) is 7.79. The topological polar surface area (TPSA) is 85.1 Å². The van der Waals surface area contributed by atoms with E-state index < -0.39 is 11.8 Å². The minimum absolute atomic E-state index is 0.125. The van der Waals surface area contributed by atoms with E-state index >= 15 is 0 Å². The van der Waals surface area contributed by atoms with Crippen LogP contribution in [0.1, 0.15) is 35.8 Å². The number of hydrogen-bond acceptors (Lipinski definition) is 3. The van der Waals surface area contributed by atoms with Crippen molar-refractivity contribution in [3.8, 4) is 0 Å². The first-order chi connectivity index (χ1) is 14.1. The molecule has 0 saturated carbocycles. The summed E-state index contributed by atoms with van der Waals surface area (Å²) < 4.78 is 14.1. The number of imidazole rings is 1. The van der Waals surface area contributed by atoms with Gasteiger partial charge in [-0.25, -0.2) is 9.37 Å². The van der Waals surface area contributed by atoms with Crippen molar-refractivity contribution in [1.29, 1.82) is 0 Å². The maximum absolute atomic E-state index is 14.1. The van der Waals surface area contributed by atoms with Crippen LogP contribution >= 0.6 is 0 Å². The Morgan fingerprint density at radius 2 is 2.03 bits per heavy atom. The number of piperidine rings is 1. The van der Waals surface area contributed by atoms with Gasteiger partial charge < -0.3 is 19.8 Å². The molecule has 8 heteroatoms. The first-order valence-electron chi connectivity index (χ1n) is 9.97. The van der Waals surface area contributed by atoms with E-state index in [1.54, 1.807) is 28.3 Å². The van der Waals surface area contributed by atoms with Crippen LogP contribution in [0.4, 0.5) is 4.39 Å². The normalized spacial score (nSPS) is 19.4. The highest BCUT2D eigenvalue weighted by Gasteiger charge is 2.34. The van der Waals surface area contributed by atoms with Crippen molar-refractivity contribution in [3.05, 3.63) is 53.5 Å². The number of likely N-dealkylation sites (tertiary alicyclic amines) is 1. The first-order valence-corrected chi connectivity index (χ1v) is 9.97. The molecular weight excluding hydrogens is 373 g/mol. The molecule has 0 bridgehead atoms. The number of hydrogen-bond donors (Lipinski definition) is 2. The minimum Gasteiger partial charge on any atom is -0.356 e. The van der Waals surface area contributed by atoms with Crippen molar-refractivity contribution in [2.45, 2.75) is 31.7 Å². The molecule has 1 atom stereocenters. The Kier molecular flexibility index (Phi) is 4.34. The minimum atomic E-state index is -0.485. The molecule has 2 amide bonds. The molecule has 2 aromatic heterocycles. The summed E-state index contributed by atoms with van der Waals surface area (Å²) in [5.41, 5.74) is 2.31. The number of aromatic amines is 2. The van der Waals surface area contributed by atoms with Crippen molar-refractivity contribution in [3.63, 3.8) is 0 Å². The average Bonchev–Trinajstić information content (AvgIpc) is 3.41. The number of para-hydroxylation sites is 1. The lowest BCUT2D eigenvalue weighted by Gasteiger charge is -2.34. The van der Waals surface area contributed by atoms with Crippen molar-refractivity contribution < 1.29 is 14.0 Å². The molecule has 7 nitrogen and oxygen atoms in total. The number of amides is 2. The fourth-order valence-electron chi connectivity index (χ4n) is 4.53. The van der Waals surface area contributed by atoms with Crippen LogP contribution in [0.25, 0.3) is 10.9 Å². The number of carbonyl (C=O) groups excluding carboxylic acids is 2. The van der Waals surface area contributed by atoms with E-state index in [-0.39, 0.29) is 11.7 Å². The number of halogens is 1. The zero-order valence-corrected chi connectivity index (χ0v) is 15.9. The molecule has 2 aliphatic heterocycles. The number of carbonyl (C=O) groups is 2. The lowest BCUT2D eigenvalue weighted by atomic mass is 9.97. The van der Waals surface area contributed by atoms with E-state index in [1.165, 1.54) is 6.07 Å². The van der Waals surface area contributed by atoms with Crippen LogP contribution < -0.4 is 0 Å².